The van der Waals surface area contributed by atoms with Crippen molar-refractivity contribution >= 4 is 11.9 Å². The van der Waals surface area contributed by atoms with Crippen LogP contribution >= 0.6 is 0 Å². The van der Waals surface area contributed by atoms with Crippen molar-refractivity contribution in [1.82, 2.24) is 5.32 Å². The average Bonchev–Trinajstić information content (AvgIpc) is 2.75. The second-order valence-corrected chi connectivity index (χ2v) is 6.22. The van der Waals surface area contributed by atoms with Gasteiger partial charge in [-0.2, -0.15) is 0 Å². The van der Waals surface area contributed by atoms with Gasteiger partial charge in [0.15, 0.2) is 0 Å². The zero-order valence-electron chi connectivity index (χ0n) is 15.8. The minimum atomic E-state index is -0.463. The van der Waals surface area contributed by atoms with Crippen LogP contribution in [0.15, 0.2) is 91.5 Å². The van der Waals surface area contributed by atoms with Gasteiger partial charge in [0.1, 0.15) is 17.2 Å². The molecule has 0 unspecified atom stereocenters. The Hall–Kier alpha value is -3.86. The van der Waals surface area contributed by atoms with Crippen molar-refractivity contribution in [1.29, 1.82) is 0 Å². The van der Waals surface area contributed by atoms with Gasteiger partial charge in [-0.05, 0) is 60.5 Å². The van der Waals surface area contributed by atoms with Gasteiger partial charge in [0.05, 0.1) is 5.56 Å². The first kappa shape index (κ1) is 19.9. The number of carbonyl (C=O) groups excluding carboxylic acids is 2. The number of nitrogens with one attached hydrogen (secondary N) is 1. The Morgan fingerprint density at radius 1 is 0.862 bits per heavy atom. The molecule has 0 aliphatic rings. The Balaban J connectivity index is 1.58. The third-order valence-corrected chi connectivity index (χ3v) is 4.08. The van der Waals surface area contributed by atoms with Gasteiger partial charge in [-0.15, -0.1) is 0 Å². The van der Waals surface area contributed by atoms with E-state index in [1.165, 1.54) is 6.08 Å². The molecule has 0 aliphatic carbocycles. The maximum Gasteiger partial charge on any atom is 0.343 e. The Morgan fingerprint density at radius 3 is 2.31 bits per heavy atom. The Morgan fingerprint density at radius 2 is 1.59 bits per heavy atom. The van der Waals surface area contributed by atoms with Crippen molar-refractivity contribution in [2.75, 3.05) is 6.54 Å². The van der Waals surface area contributed by atoms with Gasteiger partial charge in [0.2, 0.25) is 5.91 Å². The fourth-order valence-electron chi connectivity index (χ4n) is 2.60. The van der Waals surface area contributed by atoms with Crippen molar-refractivity contribution < 1.29 is 19.1 Å². The number of carbonyl (C=O) groups is 2. The summed E-state index contributed by atoms with van der Waals surface area (Å²) in [7, 11) is 0. The van der Waals surface area contributed by atoms with Crippen LogP contribution in [0.1, 0.15) is 15.9 Å². The van der Waals surface area contributed by atoms with Crippen LogP contribution in [0, 0.1) is 0 Å². The van der Waals surface area contributed by atoms with Crippen molar-refractivity contribution in [3.63, 3.8) is 0 Å². The van der Waals surface area contributed by atoms with Crippen molar-refractivity contribution in [3.8, 4) is 17.2 Å². The largest absolute Gasteiger partial charge is 0.457 e. The lowest BCUT2D eigenvalue weighted by Crippen LogP contribution is -2.23. The van der Waals surface area contributed by atoms with Crippen LogP contribution in [0.25, 0.3) is 0 Å². The van der Waals surface area contributed by atoms with Gasteiger partial charge < -0.3 is 14.8 Å². The zero-order valence-corrected chi connectivity index (χ0v) is 15.8. The highest BCUT2D eigenvalue weighted by Gasteiger charge is 2.10. The summed E-state index contributed by atoms with van der Waals surface area (Å²) in [5.41, 5.74) is 1.42. The normalized spacial score (nSPS) is 10.1. The zero-order chi connectivity index (χ0) is 20.5. The van der Waals surface area contributed by atoms with Crippen LogP contribution in [0.4, 0.5) is 0 Å². The maximum atomic E-state index is 12.4. The molecule has 0 heterocycles. The summed E-state index contributed by atoms with van der Waals surface area (Å²) in [6.45, 7) is 3.92. The highest BCUT2D eigenvalue weighted by Crippen LogP contribution is 2.23. The van der Waals surface area contributed by atoms with E-state index in [1.54, 1.807) is 36.4 Å². The SMILES string of the molecule is C=CC(=O)NCCc1ccc(OC(=O)c2cccc(Oc3ccccc3)c2)cc1. The number of hydrogen-bond donors (Lipinski definition) is 1. The van der Waals surface area contributed by atoms with Crippen LogP contribution in [-0.4, -0.2) is 18.4 Å². The Bertz CT molecular complexity index is 981. The molecule has 5 nitrogen and oxygen atoms in total. The number of para-hydroxylation sites is 1. The van der Waals surface area contributed by atoms with E-state index in [-0.39, 0.29) is 5.91 Å². The van der Waals surface area contributed by atoms with Gasteiger partial charge in [0.25, 0.3) is 0 Å². The first-order valence-corrected chi connectivity index (χ1v) is 9.18. The molecule has 0 bridgehead atoms. The number of hydrogen-bond acceptors (Lipinski definition) is 4. The quantitative estimate of drug-likeness (QED) is 0.350. The number of benzene rings is 3. The van der Waals surface area contributed by atoms with E-state index >= 15 is 0 Å². The highest BCUT2D eigenvalue weighted by atomic mass is 16.5. The molecule has 3 aromatic rings. The van der Waals surface area contributed by atoms with Crippen molar-refractivity contribution in [2.45, 2.75) is 6.42 Å². The molecule has 3 rings (SSSR count). The Kier molecular flexibility index (Phi) is 6.79. The van der Waals surface area contributed by atoms with E-state index in [0.717, 1.165) is 5.56 Å². The van der Waals surface area contributed by atoms with E-state index in [1.807, 2.05) is 42.5 Å². The van der Waals surface area contributed by atoms with E-state index in [4.69, 9.17) is 9.47 Å². The monoisotopic (exact) mass is 387 g/mol. The molecule has 0 atom stereocenters. The topological polar surface area (TPSA) is 64.6 Å². The second-order valence-electron chi connectivity index (χ2n) is 6.22. The number of esters is 1. The molecule has 146 valence electrons. The molecule has 5 heteroatoms. The fraction of sp³-hybridized carbons (Fsp3) is 0.0833. The molecule has 3 aromatic carbocycles. The Labute approximate surface area is 169 Å². The summed E-state index contributed by atoms with van der Waals surface area (Å²) in [6, 6.07) is 23.4. The van der Waals surface area contributed by atoms with E-state index in [9.17, 15) is 9.59 Å². The van der Waals surface area contributed by atoms with Gasteiger partial charge in [0, 0.05) is 6.54 Å². The fourth-order valence-corrected chi connectivity index (χ4v) is 2.60. The molecular formula is C24H21NO4. The lowest BCUT2D eigenvalue weighted by molar-refractivity contribution is -0.116. The van der Waals surface area contributed by atoms with Crippen LogP contribution in [-0.2, 0) is 11.2 Å². The summed E-state index contributed by atoms with van der Waals surface area (Å²) < 4.78 is 11.2. The molecule has 0 radical (unpaired) electrons. The van der Waals surface area contributed by atoms with Crippen LogP contribution in [0.2, 0.25) is 0 Å². The van der Waals surface area contributed by atoms with Gasteiger partial charge >= 0.3 is 5.97 Å². The molecule has 29 heavy (non-hydrogen) atoms. The van der Waals surface area contributed by atoms with E-state index in [2.05, 4.69) is 11.9 Å². The lowest BCUT2D eigenvalue weighted by Gasteiger charge is -2.08. The molecule has 1 amide bonds. The first-order valence-electron chi connectivity index (χ1n) is 9.18. The number of ether oxygens (including phenoxy) is 2. The summed E-state index contributed by atoms with van der Waals surface area (Å²) in [6.07, 6.45) is 1.91. The standard InChI is InChI=1S/C24H21NO4/c1-2-23(26)25-16-15-18-11-13-21(14-12-18)29-24(27)19-7-6-10-22(17-19)28-20-8-4-3-5-9-20/h2-14,17H,1,15-16H2,(H,25,26). The third-order valence-electron chi connectivity index (χ3n) is 4.08. The lowest BCUT2D eigenvalue weighted by atomic mass is 10.1. The molecule has 0 aliphatic heterocycles. The smallest absolute Gasteiger partial charge is 0.343 e. The molecule has 0 aromatic heterocycles. The minimum absolute atomic E-state index is 0.200. The van der Waals surface area contributed by atoms with Crippen molar-refractivity contribution in [2.24, 2.45) is 0 Å². The molecule has 1 N–H and O–H groups in total. The molecule has 0 fully saturated rings. The first-order chi connectivity index (χ1) is 14.1. The van der Waals surface area contributed by atoms with E-state index in [0.29, 0.717) is 35.8 Å². The average molecular weight is 387 g/mol. The summed E-state index contributed by atoms with van der Waals surface area (Å²) >= 11 is 0. The third kappa shape index (κ3) is 6.07. The molecule has 0 spiro atoms. The van der Waals surface area contributed by atoms with Gasteiger partial charge in [-0.1, -0.05) is 43.0 Å². The summed E-state index contributed by atoms with van der Waals surface area (Å²) in [4.78, 5) is 23.6. The second kappa shape index (κ2) is 9.90. The highest BCUT2D eigenvalue weighted by molar-refractivity contribution is 5.91. The van der Waals surface area contributed by atoms with E-state index < -0.39 is 5.97 Å². The van der Waals surface area contributed by atoms with Crippen LogP contribution in [0.5, 0.6) is 17.2 Å². The predicted octanol–water partition coefficient (Wildman–Crippen LogP) is 4.54. The van der Waals surface area contributed by atoms with Crippen LogP contribution in [0.3, 0.4) is 0 Å². The number of amides is 1. The predicted molar refractivity (Wildman–Crippen MR) is 111 cm³/mol. The molecular weight excluding hydrogens is 366 g/mol. The number of rotatable bonds is 8. The van der Waals surface area contributed by atoms with Crippen LogP contribution < -0.4 is 14.8 Å². The molecule has 0 saturated heterocycles. The maximum absolute atomic E-state index is 12.4. The summed E-state index contributed by atoms with van der Waals surface area (Å²) in [5, 5.41) is 2.72. The van der Waals surface area contributed by atoms with Gasteiger partial charge in [-0.25, -0.2) is 4.79 Å². The molecule has 0 saturated carbocycles. The summed E-state index contributed by atoms with van der Waals surface area (Å²) in [5.74, 6) is 1.03. The van der Waals surface area contributed by atoms with Gasteiger partial charge in [-0.3, -0.25) is 4.79 Å². The van der Waals surface area contributed by atoms with Crippen molar-refractivity contribution in [3.05, 3.63) is 103 Å². The minimum Gasteiger partial charge on any atom is -0.457 e.